The van der Waals surface area contributed by atoms with E-state index in [1.165, 1.54) is 19.1 Å². The number of anilines is 1. The number of rotatable bonds is 1. The van der Waals surface area contributed by atoms with Crippen LogP contribution in [0.2, 0.25) is 5.02 Å². The summed E-state index contributed by atoms with van der Waals surface area (Å²) in [7, 11) is 0. The first kappa shape index (κ1) is 8.87. The fourth-order valence-electron chi connectivity index (χ4n) is 0.951. The van der Waals surface area contributed by atoms with Crippen LogP contribution in [0.3, 0.4) is 0 Å². The summed E-state index contributed by atoms with van der Waals surface area (Å²) in [5.74, 6) is -0.545. The standard InChI is InChI=1S/C8H8ClNO2/c1-4(11)7-6(10)3-2-5(9)8(7)12/h2-3,12H,10H2,1H3. The molecule has 0 fully saturated rings. The third-order valence-corrected chi connectivity index (χ3v) is 1.82. The molecule has 0 radical (unpaired) electrons. The monoisotopic (exact) mass is 185 g/mol. The van der Waals surface area contributed by atoms with E-state index in [-0.39, 0.29) is 27.8 Å². The van der Waals surface area contributed by atoms with Crippen LogP contribution in [0.5, 0.6) is 5.75 Å². The number of aromatic hydroxyl groups is 1. The van der Waals surface area contributed by atoms with Gasteiger partial charge in [0.1, 0.15) is 5.75 Å². The van der Waals surface area contributed by atoms with Gasteiger partial charge in [0.05, 0.1) is 10.6 Å². The zero-order valence-electron chi connectivity index (χ0n) is 6.47. The first-order valence-electron chi connectivity index (χ1n) is 3.32. The number of Topliss-reactive ketones (excluding diaryl/α,β-unsaturated/α-hetero) is 1. The van der Waals surface area contributed by atoms with Crippen molar-refractivity contribution in [3.63, 3.8) is 0 Å². The van der Waals surface area contributed by atoms with Crippen LogP contribution in [-0.2, 0) is 0 Å². The minimum atomic E-state index is -0.299. The first-order valence-corrected chi connectivity index (χ1v) is 3.69. The molecule has 0 aliphatic rings. The molecule has 0 spiro atoms. The van der Waals surface area contributed by atoms with E-state index >= 15 is 0 Å². The summed E-state index contributed by atoms with van der Waals surface area (Å²) < 4.78 is 0. The average Bonchev–Trinajstić information content (AvgIpc) is 1.97. The van der Waals surface area contributed by atoms with E-state index in [4.69, 9.17) is 17.3 Å². The number of phenols is 1. The predicted octanol–water partition coefficient (Wildman–Crippen LogP) is 1.83. The number of halogens is 1. The maximum Gasteiger partial charge on any atom is 0.165 e. The molecular formula is C8H8ClNO2. The van der Waals surface area contributed by atoms with Crippen LogP contribution < -0.4 is 5.73 Å². The topological polar surface area (TPSA) is 63.3 Å². The van der Waals surface area contributed by atoms with Gasteiger partial charge < -0.3 is 10.8 Å². The highest BCUT2D eigenvalue weighted by molar-refractivity contribution is 6.33. The lowest BCUT2D eigenvalue weighted by Crippen LogP contribution is -1.99. The van der Waals surface area contributed by atoms with Crippen molar-refractivity contribution in [2.24, 2.45) is 0 Å². The van der Waals surface area contributed by atoms with Crippen molar-refractivity contribution in [3.8, 4) is 5.75 Å². The molecule has 1 rings (SSSR count). The lowest BCUT2D eigenvalue weighted by molar-refractivity contribution is 0.101. The molecule has 0 aromatic heterocycles. The number of carbonyl (C=O) groups excluding carboxylic acids is 1. The van der Waals surface area contributed by atoms with E-state index in [0.717, 1.165) is 0 Å². The molecule has 1 aromatic rings. The van der Waals surface area contributed by atoms with Crippen LogP contribution in [-0.4, -0.2) is 10.9 Å². The van der Waals surface area contributed by atoms with E-state index in [1.54, 1.807) is 0 Å². The smallest absolute Gasteiger partial charge is 0.165 e. The summed E-state index contributed by atoms with van der Waals surface area (Å²) in [4.78, 5) is 10.9. The van der Waals surface area contributed by atoms with Gasteiger partial charge in [-0.25, -0.2) is 0 Å². The van der Waals surface area contributed by atoms with Gasteiger partial charge in [0, 0.05) is 5.69 Å². The Labute approximate surface area is 74.8 Å². The molecule has 0 unspecified atom stereocenters. The van der Waals surface area contributed by atoms with Gasteiger partial charge in [-0.3, -0.25) is 4.79 Å². The number of nitrogens with two attached hydrogens (primary N) is 1. The van der Waals surface area contributed by atoms with Crippen LogP contribution >= 0.6 is 11.6 Å². The molecular weight excluding hydrogens is 178 g/mol. The van der Waals surface area contributed by atoms with Gasteiger partial charge in [0.25, 0.3) is 0 Å². The summed E-state index contributed by atoms with van der Waals surface area (Å²) >= 11 is 5.57. The molecule has 0 aliphatic heterocycles. The van der Waals surface area contributed by atoms with E-state index in [2.05, 4.69) is 0 Å². The average molecular weight is 186 g/mol. The van der Waals surface area contributed by atoms with Crippen molar-refractivity contribution in [2.75, 3.05) is 5.73 Å². The molecule has 1 aromatic carbocycles. The molecule has 64 valence electrons. The quantitative estimate of drug-likeness (QED) is 0.518. The number of hydrogen-bond acceptors (Lipinski definition) is 3. The second kappa shape index (κ2) is 3.03. The Balaban J connectivity index is 3.43. The summed E-state index contributed by atoms with van der Waals surface area (Å²) in [5, 5.41) is 9.45. The second-order valence-electron chi connectivity index (χ2n) is 2.42. The minimum Gasteiger partial charge on any atom is -0.506 e. The van der Waals surface area contributed by atoms with Gasteiger partial charge in [-0.15, -0.1) is 0 Å². The van der Waals surface area contributed by atoms with Crippen LogP contribution in [0, 0.1) is 0 Å². The zero-order chi connectivity index (χ0) is 9.30. The Hall–Kier alpha value is -1.22. The fourth-order valence-corrected chi connectivity index (χ4v) is 1.11. The third kappa shape index (κ3) is 1.36. The number of benzene rings is 1. The van der Waals surface area contributed by atoms with E-state index in [1.807, 2.05) is 0 Å². The number of hydrogen-bond donors (Lipinski definition) is 2. The summed E-state index contributed by atoms with van der Waals surface area (Å²) in [6.07, 6.45) is 0. The molecule has 0 heterocycles. The lowest BCUT2D eigenvalue weighted by atomic mass is 10.1. The summed E-state index contributed by atoms with van der Waals surface area (Å²) in [6.45, 7) is 1.32. The van der Waals surface area contributed by atoms with Crippen molar-refractivity contribution in [2.45, 2.75) is 6.92 Å². The molecule has 0 bridgehead atoms. The predicted molar refractivity (Wildman–Crippen MR) is 47.5 cm³/mol. The third-order valence-electron chi connectivity index (χ3n) is 1.51. The van der Waals surface area contributed by atoms with E-state index < -0.39 is 0 Å². The van der Waals surface area contributed by atoms with Crippen molar-refractivity contribution in [3.05, 3.63) is 22.7 Å². The van der Waals surface area contributed by atoms with Gasteiger partial charge in [-0.05, 0) is 19.1 Å². The van der Waals surface area contributed by atoms with Crippen molar-refractivity contribution >= 4 is 23.1 Å². The van der Waals surface area contributed by atoms with Crippen LogP contribution in [0.15, 0.2) is 12.1 Å². The highest BCUT2D eigenvalue weighted by Gasteiger charge is 2.12. The number of ketones is 1. The largest absolute Gasteiger partial charge is 0.506 e. The molecule has 3 nitrogen and oxygen atoms in total. The molecule has 0 saturated heterocycles. The fraction of sp³-hybridized carbons (Fsp3) is 0.125. The van der Waals surface area contributed by atoms with Crippen molar-refractivity contribution in [1.82, 2.24) is 0 Å². The Bertz CT molecular complexity index is 336. The molecule has 0 amide bonds. The van der Waals surface area contributed by atoms with Gasteiger partial charge in [0.2, 0.25) is 0 Å². The normalized spacial score (nSPS) is 9.83. The van der Waals surface area contributed by atoms with Crippen LogP contribution in [0.4, 0.5) is 5.69 Å². The lowest BCUT2D eigenvalue weighted by Gasteiger charge is -2.05. The Morgan fingerprint density at radius 1 is 1.58 bits per heavy atom. The van der Waals surface area contributed by atoms with Crippen molar-refractivity contribution < 1.29 is 9.90 Å². The highest BCUT2D eigenvalue weighted by atomic mass is 35.5. The molecule has 0 saturated carbocycles. The van der Waals surface area contributed by atoms with Gasteiger partial charge in [0.15, 0.2) is 5.78 Å². The number of carbonyl (C=O) groups is 1. The maximum atomic E-state index is 10.9. The molecule has 3 N–H and O–H groups in total. The van der Waals surface area contributed by atoms with Gasteiger partial charge in [-0.2, -0.15) is 0 Å². The van der Waals surface area contributed by atoms with Gasteiger partial charge >= 0.3 is 0 Å². The molecule has 0 atom stereocenters. The summed E-state index contributed by atoms with van der Waals surface area (Å²) in [6, 6.07) is 2.93. The molecule has 12 heavy (non-hydrogen) atoms. The van der Waals surface area contributed by atoms with Gasteiger partial charge in [-0.1, -0.05) is 11.6 Å². The van der Waals surface area contributed by atoms with Crippen molar-refractivity contribution in [1.29, 1.82) is 0 Å². The zero-order valence-corrected chi connectivity index (χ0v) is 7.22. The SMILES string of the molecule is CC(=O)c1c(N)ccc(Cl)c1O. The summed E-state index contributed by atoms with van der Waals surface area (Å²) in [5.41, 5.74) is 5.78. The van der Waals surface area contributed by atoms with Crippen LogP contribution in [0.25, 0.3) is 0 Å². The van der Waals surface area contributed by atoms with E-state index in [9.17, 15) is 9.90 Å². The second-order valence-corrected chi connectivity index (χ2v) is 2.82. The Morgan fingerprint density at radius 3 is 2.58 bits per heavy atom. The number of nitrogen functional groups attached to an aromatic ring is 1. The molecule has 0 aliphatic carbocycles. The first-order chi connectivity index (χ1) is 5.54. The Morgan fingerprint density at radius 2 is 2.17 bits per heavy atom. The number of phenolic OH excluding ortho intramolecular Hbond substituents is 1. The molecule has 4 heteroatoms. The minimum absolute atomic E-state index is 0.0856. The Kier molecular flexibility index (Phi) is 2.24. The maximum absolute atomic E-state index is 10.9. The van der Waals surface area contributed by atoms with E-state index in [0.29, 0.717) is 0 Å². The highest BCUT2D eigenvalue weighted by Crippen LogP contribution is 2.31. The van der Waals surface area contributed by atoms with Crippen LogP contribution in [0.1, 0.15) is 17.3 Å².